The number of hydrogen-bond donors (Lipinski definition) is 0. The van der Waals surface area contributed by atoms with Gasteiger partial charge >= 0.3 is 0 Å². The van der Waals surface area contributed by atoms with Crippen LogP contribution in [0.5, 0.6) is 0 Å². The maximum absolute atomic E-state index is 4.92. The standard InChI is InChI=1S/C30H24N2S/c1-19(29-21-11-3-7-15-25(21)31-26-16-8-4-12-22(26)29)33-20(2)30-23-13-5-9-17-27(23)32-28-18-10-6-14-24(28)30/h3-20H,1-2H3. The van der Waals surface area contributed by atoms with Crippen molar-refractivity contribution < 1.29 is 0 Å². The first kappa shape index (κ1) is 20.2. The van der Waals surface area contributed by atoms with E-state index in [1.165, 1.54) is 32.7 Å². The quantitative estimate of drug-likeness (QED) is 0.254. The maximum Gasteiger partial charge on any atom is 0.0712 e. The number of para-hydroxylation sites is 4. The fourth-order valence-electron chi connectivity index (χ4n) is 5.06. The molecule has 0 saturated heterocycles. The van der Waals surface area contributed by atoms with E-state index in [9.17, 15) is 0 Å². The molecule has 0 aliphatic heterocycles. The van der Waals surface area contributed by atoms with Crippen molar-refractivity contribution in [1.82, 2.24) is 9.97 Å². The molecule has 0 N–H and O–H groups in total. The Bertz CT molecular complexity index is 1410. The minimum Gasteiger partial charge on any atom is -0.248 e. The van der Waals surface area contributed by atoms with E-state index in [1.54, 1.807) is 0 Å². The van der Waals surface area contributed by atoms with Crippen LogP contribution in [0, 0.1) is 0 Å². The number of pyridine rings is 2. The van der Waals surface area contributed by atoms with Crippen molar-refractivity contribution in [3.63, 3.8) is 0 Å². The van der Waals surface area contributed by atoms with Crippen LogP contribution in [0.25, 0.3) is 43.6 Å². The zero-order valence-electron chi connectivity index (χ0n) is 18.7. The number of fused-ring (bicyclic) bond motifs is 4. The van der Waals surface area contributed by atoms with Crippen LogP contribution < -0.4 is 0 Å². The molecule has 0 amide bonds. The average molecular weight is 445 g/mol. The fraction of sp³-hybridized carbons (Fsp3) is 0.133. The molecule has 2 aromatic heterocycles. The van der Waals surface area contributed by atoms with Crippen molar-refractivity contribution in [2.24, 2.45) is 0 Å². The van der Waals surface area contributed by atoms with E-state index in [0.29, 0.717) is 10.5 Å². The topological polar surface area (TPSA) is 25.8 Å². The lowest BCUT2D eigenvalue weighted by Gasteiger charge is -2.23. The van der Waals surface area contributed by atoms with Crippen LogP contribution in [-0.2, 0) is 0 Å². The van der Waals surface area contributed by atoms with E-state index >= 15 is 0 Å². The van der Waals surface area contributed by atoms with Gasteiger partial charge in [0, 0.05) is 32.0 Å². The van der Waals surface area contributed by atoms with Gasteiger partial charge in [-0.25, -0.2) is 9.97 Å². The highest BCUT2D eigenvalue weighted by Crippen LogP contribution is 2.47. The maximum atomic E-state index is 4.92. The van der Waals surface area contributed by atoms with Crippen molar-refractivity contribution >= 4 is 55.4 Å². The van der Waals surface area contributed by atoms with E-state index in [1.807, 2.05) is 11.8 Å². The van der Waals surface area contributed by atoms with Crippen LogP contribution in [-0.4, -0.2) is 9.97 Å². The van der Waals surface area contributed by atoms with Crippen LogP contribution in [0.4, 0.5) is 0 Å². The third-order valence-corrected chi connectivity index (χ3v) is 7.77. The molecule has 2 unspecified atom stereocenters. The summed E-state index contributed by atoms with van der Waals surface area (Å²) in [5.74, 6) is 0. The Balaban J connectivity index is 1.51. The first-order valence-corrected chi connectivity index (χ1v) is 12.4. The van der Waals surface area contributed by atoms with E-state index in [2.05, 4.69) is 111 Å². The van der Waals surface area contributed by atoms with Crippen LogP contribution in [0.2, 0.25) is 0 Å². The molecule has 4 aromatic carbocycles. The molecule has 0 radical (unpaired) electrons. The zero-order chi connectivity index (χ0) is 22.4. The second-order valence-corrected chi connectivity index (χ2v) is 10.2. The summed E-state index contributed by atoms with van der Waals surface area (Å²) >= 11 is 2.01. The molecule has 160 valence electrons. The summed E-state index contributed by atoms with van der Waals surface area (Å²) in [6, 6.07) is 34.1. The summed E-state index contributed by atoms with van der Waals surface area (Å²) in [5.41, 5.74) is 6.99. The Morgan fingerprint density at radius 1 is 0.455 bits per heavy atom. The monoisotopic (exact) mass is 444 g/mol. The molecular weight excluding hydrogens is 420 g/mol. The van der Waals surface area contributed by atoms with Gasteiger partial charge in [-0.05, 0) is 49.2 Å². The molecule has 0 aliphatic carbocycles. The molecule has 0 spiro atoms. The van der Waals surface area contributed by atoms with Crippen molar-refractivity contribution in [1.29, 1.82) is 0 Å². The van der Waals surface area contributed by atoms with Gasteiger partial charge < -0.3 is 0 Å². The normalized spacial score (nSPS) is 13.6. The van der Waals surface area contributed by atoms with Crippen LogP contribution in [0.1, 0.15) is 35.5 Å². The summed E-state index contributed by atoms with van der Waals surface area (Å²) in [5, 5.41) is 5.56. The van der Waals surface area contributed by atoms with Gasteiger partial charge in [0.05, 0.1) is 22.1 Å². The summed E-state index contributed by atoms with van der Waals surface area (Å²) in [6.45, 7) is 4.67. The highest BCUT2D eigenvalue weighted by Gasteiger charge is 2.21. The lowest BCUT2D eigenvalue weighted by atomic mass is 10.00. The SMILES string of the molecule is CC(SC(C)c1c2ccccc2nc2ccccc12)c1c2ccccc2nc2ccccc12. The van der Waals surface area contributed by atoms with Crippen molar-refractivity contribution in [2.45, 2.75) is 24.3 Å². The molecule has 6 aromatic rings. The van der Waals surface area contributed by atoms with Crippen molar-refractivity contribution in [3.05, 3.63) is 108 Å². The summed E-state index contributed by atoms with van der Waals surface area (Å²) in [4.78, 5) is 9.84. The third-order valence-electron chi connectivity index (χ3n) is 6.48. The molecular formula is C30H24N2S. The van der Waals surface area contributed by atoms with E-state index in [4.69, 9.17) is 9.97 Å². The largest absolute Gasteiger partial charge is 0.248 e. The van der Waals surface area contributed by atoms with Gasteiger partial charge in [0.2, 0.25) is 0 Å². The van der Waals surface area contributed by atoms with Gasteiger partial charge in [0.1, 0.15) is 0 Å². The van der Waals surface area contributed by atoms with Crippen LogP contribution in [0.15, 0.2) is 97.1 Å². The first-order valence-electron chi connectivity index (χ1n) is 11.4. The predicted molar refractivity (Wildman–Crippen MR) is 143 cm³/mol. The fourth-order valence-corrected chi connectivity index (χ4v) is 6.46. The number of nitrogens with zero attached hydrogens (tertiary/aromatic N) is 2. The Morgan fingerprint density at radius 2 is 0.727 bits per heavy atom. The van der Waals surface area contributed by atoms with Crippen LogP contribution in [0.3, 0.4) is 0 Å². The molecule has 0 saturated carbocycles. The van der Waals surface area contributed by atoms with E-state index in [0.717, 1.165) is 22.1 Å². The van der Waals surface area contributed by atoms with Crippen molar-refractivity contribution in [3.8, 4) is 0 Å². The number of thioether (sulfide) groups is 1. The number of aromatic nitrogens is 2. The van der Waals surface area contributed by atoms with Gasteiger partial charge in [0.25, 0.3) is 0 Å². The molecule has 0 aliphatic rings. The Morgan fingerprint density at radius 3 is 1.03 bits per heavy atom. The molecule has 0 bridgehead atoms. The Labute approximate surface area is 197 Å². The van der Waals surface area contributed by atoms with E-state index < -0.39 is 0 Å². The second-order valence-electron chi connectivity index (χ2n) is 8.54. The van der Waals surface area contributed by atoms with Crippen LogP contribution >= 0.6 is 11.8 Å². The summed E-state index contributed by atoms with van der Waals surface area (Å²) < 4.78 is 0. The molecule has 2 nitrogen and oxygen atoms in total. The molecule has 2 heterocycles. The minimum atomic E-state index is 0.295. The number of hydrogen-bond acceptors (Lipinski definition) is 3. The lowest BCUT2D eigenvalue weighted by molar-refractivity contribution is 1.06. The van der Waals surface area contributed by atoms with E-state index in [-0.39, 0.29) is 0 Å². The highest BCUT2D eigenvalue weighted by molar-refractivity contribution is 7.99. The summed E-state index contributed by atoms with van der Waals surface area (Å²) in [7, 11) is 0. The lowest BCUT2D eigenvalue weighted by Crippen LogP contribution is -2.00. The third kappa shape index (κ3) is 3.44. The second kappa shape index (κ2) is 8.17. The first-order chi connectivity index (χ1) is 16.2. The molecule has 0 fully saturated rings. The molecule has 6 rings (SSSR count). The van der Waals surface area contributed by atoms with Gasteiger partial charge in [0.15, 0.2) is 0 Å². The average Bonchev–Trinajstić information content (AvgIpc) is 2.85. The smallest absolute Gasteiger partial charge is 0.0712 e. The molecule has 2 atom stereocenters. The number of rotatable bonds is 4. The van der Waals surface area contributed by atoms with Gasteiger partial charge in [-0.2, -0.15) is 0 Å². The predicted octanol–water partition coefficient (Wildman–Crippen LogP) is 8.64. The van der Waals surface area contributed by atoms with Gasteiger partial charge in [-0.1, -0.05) is 72.8 Å². The molecule has 3 heteroatoms. The molecule has 33 heavy (non-hydrogen) atoms. The van der Waals surface area contributed by atoms with Gasteiger partial charge in [-0.3, -0.25) is 0 Å². The highest BCUT2D eigenvalue weighted by atomic mass is 32.2. The summed E-state index contributed by atoms with van der Waals surface area (Å²) in [6.07, 6.45) is 0. The number of benzene rings is 4. The Kier molecular flexibility index (Phi) is 5.00. The van der Waals surface area contributed by atoms with Gasteiger partial charge in [-0.15, -0.1) is 11.8 Å². The Hall–Kier alpha value is -3.43. The van der Waals surface area contributed by atoms with Crippen molar-refractivity contribution in [2.75, 3.05) is 0 Å². The minimum absolute atomic E-state index is 0.295. The zero-order valence-corrected chi connectivity index (χ0v) is 19.5.